The fraction of sp³-hybridized carbons (Fsp3) is 0.190. The molecule has 0 atom stereocenters. The van der Waals surface area contributed by atoms with E-state index in [1.54, 1.807) is 0 Å². The summed E-state index contributed by atoms with van der Waals surface area (Å²) in [4.78, 5) is 12.4. The fourth-order valence-corrected chi connectivity index (χ4v) is 3.84. The lowest BCUT2D eigenvalue weighted by Crippen LogP contribution is -2.24. The Hall–Kier alpha value is -2.90. The van der Waals surface area contributed by atoms with Gasteiger partial charge in [-0.1, -0.05) is 43.3 Å². The zero-order valence-corrected chi connectivity index (χ0v) is 16.3. The van der Waals surface area contributed by atoms with Crippen LogP contribution in [0.5, 0.6) is 5.75 Å². The molecule has 2 N–H and O–H groups in total. The molecule has 0 radical (unpaired) electrons. The Kier molecular flexibility index (Phi) is 6.28. The summed E-state index contributed by atoms with van der Waals surface area (Å²) in [6.07, 6.45) is 0.715. The van der Waals surface area contributed by atoms with Gasteiger partial charge in [-0.3, -0.25) is 4.79 Å². The molecule has 0 spiro atoms. The maximum absolute atomic E-state index is 12.2. The number of nitrogens with one attached hydrogen (secondary N) is 2. The zero-order valence-electron chi connectivity index (χ0n) is 15.5. The molecular formula is C21H22N2O4S. The van der Waals surface area contributed by atoms with Crippen molar-refractivity contribution >= 4 is 32.4 Å². The number of hydrogen-bond donors (Lipinski definition) is 2. The van der Waals surface area contributed by atoms with Gasteiger partial charge in [0.2, 0.25) is 10.0 Å². The Morgan fingerprint density at radius 3 is 2.43 bits per heavy atom. The van der Waals surface area contributed by atoms with E-state index in [9.17, 15) is 13.2 Å². The van der Waals surface area contributed by atoms with Crippen molar-refractivity contribution in [3.05, 3.63) is 66.7 Å². The predicted molar refractivity (Wildman–Crippen MR) is 110 cm³/mol. The Morgan fingerprint density at radius 1 is 0.964 bits per heavy atom. The summed E-state index contributed by atoms with van der Waals surface area (Å²) in [6, 6.07) is 19.5. The molecule has 6 nitrogen and oxygen atoms in total. The van der Waals surface area contributed by atoms with Crippen molar-refractivity contribution in [2.75, 3.05) is 18.5 Å². The summed E-state index contributed by atoms with van der Waals surface area (Å²) in [5, 5.41) is 4.83. The first-order valence-corrected chi connectivity index (χ1v) is 10.5. The molecule has 3 rings (SSSR count). The third-order valence-electron chi connectivity index (χ3n) is 4.11. The number of benzene rings is 3. The normalized spacial score (nSPS) is 11.3. The van der Waals surface area contributed by atoms with Crippen LogP contribution in [0.2, 0.25) is 0 Å². The van der Waals surface area contributed by atoms with Gasteiger partial charge in [-0.2, -0.15) is 0 Å². The molecule has 0 saturated carbocycles. The molecule has 0 aliphatic carbocycles. The number of amides is 1. The lowest BCUT2D eigenvalue weighted by Gasteiger charge is -2.10. The van der Waals surface area contributed by atoms with Crippen LogP contribution in [-0.2, 0) is 14.8 Å². The molecule has 146 valence electrons. The van der Waals surface area contributed by atoms with Gasteiger partial charge in [0, 0.05) is 17.6 Å². The average molecular weight is 398 g/mol. The van der Waals surface area contributed by atoms with Crippen molar-refractivity contribution in [1.29, 1.82) is 0 Å². The van der Waals surface area contributed by atoms with Gasteiger partial charge >= 0.3 is 0 Å². The van der Waals surface area contributed by atoms with E-state index < -0.39 is 10.0 Å². The summed E-state index contributed by atoms with van der Waals surface area (Å²) in [7, 11) is -3.52. The second-order valence-corrected chi connectivity index (χ2v) is 8.00. The summed E-state index contributed by atoms with van der Waals surface area (Å²) in [6.45, 7) is 2.10. The number of ether oxygens (including phenoxy) is 1. The van der Waals surface area contributed by atoms with E-state index in [4.69, 9.17) is 4.74 Å². The topological polar surface area (TPSA) is 84.5 Å². The molecular weight excluding hydrogens is 376 g/mol. The number of sulfonamides is 1. The zero-order chi connectivity index (χ0) is 20.0. The summed E-state index contributed by atoms with van der Waals surface area (Å²) >= 11 is 0. The first-order chi connectivity index (χ1) is 13.5. The minimum absolute atomic E-state index is 0.161. The number of carbonyl (C=O) groups is 1. The van der Waals surface area contributed by atoms with Gasteiger partial charge in [0.1, 0.15) is 5.75 Å². The number of fused-ring (bicyclic) bond motifs is 1. The van der Waals surface area contributed by atoms with Gasteiger partial charge in [0.05, 0.1) is 4.90 Å². The molecule has 0 aliphatic rings. The predicted octanol–water partition coefficient (Wildman–Crippen LogP) is 3.55. The standard InChI is InChI=1S/C21H22N2O4S/c1-2-14-22-28(25,26)18-12-10-17(11-13-18)27-15-21(24)23-20-9-5-7-16-6-3-4-8-19(16)20/h3-13,22H,2,14-15H2,1H3,(H,23,24). The Morgan fingerprint density at radius 2 is 1.68 bits per heavy atom. The lowest BCUT2D eigenvalue weighted by atomic mass is 10.1. The van der Waals surface area contributed by atoms with Gasteiger partial charge in [-0.05, 0) is 42.1 Å². The van der Waals surface area contributed by atoms with E-state index in [0.717, 1.165) is 16.5 Å². The molecule has 0 bridgehead atoms. The van der Waals surface area contributed by atoms with E-state index >= 15 is 0 Å². The summed E-state index contributed by atoms with van der Waals surface area (Å²) in [5.41, 5.74) is 0.718. The van der Waals surface area contributed by atoms with Crippen molar-refractivity contribution in [2.45, 2.75) is 18.2 Å². The first-order valence-electron chi connectivity index (χ1n) is 9.00. The van der Waals surface area contributed by atoms with Crippen molar-refractivity contribution in [1.82, 2.24) is 4.72 Å². The molecule has 3 aromatic carbocycles. The third-order valence-corrected chi connectivity index (χ3v) is 5.59. The average Bonchev–Trinajstić information content (AvgIpc) is 2.71. The van der Waals surface area contributed by atoms with Crippen LogP contribution in [0.3, 0.4) is 0 Å². The van der Waals surface area contributed by atoms with Crippen LogP contribution >= 0.6 is 0 Å². The second kappa shape index (κ2) is 8.86. The number of rotatable bonds is 8. The Bertz CT molecular complexity index is 1060. The molecule has 7 heteroatoms. The van der Waals surface area contributed by atoms with Crippen LogP contribution in [-0.4, -0.2) is 27.5 Å². The fourth-order valence-electron chi connectivity index (χ4n) is 2.70. The van der Waals surface area contributed by atoms with Crippen molar-refractivity contribution in [2.24, 2.45) is 0 Å². The van der Waals surface area contributed by atoms with Gasteiger partial charge in [0.15, 0.2) is 6.61 Å². The van der Waals surface area contributed by atoms with Crippen LogP contribution < -0.4 is 14.8 Å². The molecule has 0 fully saturated rings. The van der Waals surface area contributed by atoms with Crippen molar-refractivity contribution < 1.29 is 17.9 Å². The molecule has 3 aromatic rings. The number of carbonyl (C=O) groups excluding carboxylic acids is 1. The minimum atomic E-state index is -3.52. The second-order valence-electron chi connectivity index (χ2n) is 6.23. The van der Waals surface area contributed by atoms with Crippen LogP contribution in [0.15, 0.2) is 71.6 Å². The summed E-state index contributed by atoms with van der Waals surface area (Å²) < 4.78 is 32.1. The van der Waals surface area contributed by atoms with Crippen molar-refractivity contribution in [3.8, 4) is 5.75 Å². The Labute approximate surface area is 164 Å². The number of hydrogen-bond acceptors (Lipinski definition) is 4. The van der Waals surface area contributed by atoms with Crippen LogP contribution in [0, 0.1) is 0 Å². The smallest absolute Gasteiger partial charge is 0.262 e. The molecule has 0 unspecified atom stereocenters. The quantitative estimate of drug-likeness (QED) is 0.608. The molecule has 1 amide bonds. The van der Waals surface area contributed by atoms with E-state index in [-0.39, 0.29) is 17.4 Å². The van der Waals surface area contributed by atoms with Crippen molar-refractivity contribution in [3.63, 3.8) is 0 Å². The maximum Gasteiger partial charge on any atom is 0.262 e. The minimum Gasteiger partial charge on any atom is -0.484 e. The van der Waals surface area contributed by atoms with Gasteiger partial charge < -0.3 is 10.1 Å². The highest BCUT2D eigenvalue weighted by Crippen LogP contribution is 2.23. The molecule has 0 aliphatic heterocycles. The van der Waals surface area contributed by atoms with Crippen LogP contribution in [0.1, 0.15) is 13.3 Å². The van der Waals surface area contributed by atoms with E-state index in [1.165, 1.54) is 24.3 Å². The van der Waals surface area contributed by atoms with Gasteiger partial charge in [-0.15, -0.1) is 0 Å². The monoisotopic (exact) mass is 398 g/mol. The van der Waals surface area contributed by atoms with E-state index in [2.05, 4.69) is 10.0 Å². The molecule has 0 aromatic heterocycles. The molecule has 0 heterocycles. The highest BCUT2D eigenvalue weighted by molar-refractivity contribution is 7.89. The van der Waals surface area contributed by atoms with E-state index in [0.29, 0.717) is 18.7 Å². The first kappa shape index (κ1) is 19.9. The highest BCUT2D eigenvalue weighted by atomic mass is 32.2. The van der Waals surface area contributed by atoms with Crippen LogP contribution in [0.4, 0.5) is 5.69 Å². The SMILES string of the molecule is CCCNS(=O)(=O)c1ccc(OCC(=O)Nc2cccc3ccccc23)cc1. The maximum atomic E-state index is 12.2. The number of anilines is 1. The highest BCUT2D eigenvalue weighted by Gasteiger charge is 2.13. The van der Waals surface area contributed by atoms with Gasteiger partial charge in [0.25, 0.3) is 5.91 Å². The Balaban J connectivity index is 1.60. The molecule has 28 heavy (non-hydrogen) atoms. The van der Waals surface area contributed by atoms with E-state index in [1.807, 2.05) is 49.4 Å². The lowest BCUT2D eigenvalue weighted by molar-refractivity contribution is -0.118. The molecule has 0 saturated heterocycles. The third kappa shape index (κ3) is 4.88. The largest absolute Gasteiger partial charge is 0.484 e. The summed E-state index contributed by atoms with van der Waals surface area (Å²) in [5.74, 6) is 0.125. The van der Waals surface area contributed by atoms with Crippen LogP contribution in [0.25, 0.3) is 10.8 Å². The van der Waals surface area contributed by atoms with Gasteiger partial charge in [-0.25, -0.2) is 13.1 Å².